The van der Waals surface area contributed by atoms with Crippen LogP contribution >= 0.6 is 11.8 Å². The zero-order valence-corrected chi connectivity index (χ0v) is 43.1. The summed E-state index contributed by atoms with van der Waals surface area (Å²) in [4.78, 5) is 55.2. The number of aromatic hydroxyl groups is 1. The third kappa shape index (κ3) is 15.2. The van der Waals surface area contributed by atoms with Gasteiger partial charge in [0.2, 0.25) is 11.8 Å². The van der Waals surface area contributed by atoms with E-state index in [0.29, 0.717) is 30.0 Å². The third-order valence-electron chi connectivity index (χ3n) is 12.5. The van der Waals surface area contributed by atoms with Gasteiger partial charge in [-0.1, -0.05) is 106 Å². The number of phenols is 1. The fraction of sp³-hybridized carbons (Fsp3) is 0.393. The zero-order chi connectivity index (χ0) is 51.0. The summed E-state index contributed by atoms with van der Waals surface area (Å²) in [7, 11) is 10.1. The molecular weight excluding hydrogens is 887 g/mol. The summed E-state index contributed by atoms with van der Waals surface area (Å²) in [5, 5.41) is 24.8. The summed E-state index contributed by atoms with van der Waals surface area (Å²) in [6.07, 6.45) is 3.26. The van der Waals surface area contributed by atoms with Crippen molar-refractivity contribution in [3.8, 4) is 11.5 Å². The van der Waals surface area contributed by atoms with Crippen LogP contribution in [0.1, 0.15) is 83.8 Å². The molecule has 0 radical (unpaired) electrons. The van der Waals surface area contributed by atoms with Gasteiger partial charge in [0.15, 0.2) is 0 Å². The number of ether oxygens (including phenoxy) is 1. The van der Waals surface area contributed by atoms with Crippen molar-refractivity contribution in [2.45, 2.75) is 88.5 Å². The highest BCUT2D eigenvalue weighted by Crippen LogP contribution is 2.48. The minimum atomic E-state index is -1.19. The number of rotatable bonds is 15. The number of carboxylic acids is 1. The van der Waals surface area contributed by atoms with E-state index in [1.807, 2.05) is 74.1 Å². The summed E-state index contributed by atoms with van der Waals surface area (Å²) in [6.45, 7) is 17.9. The number of carbonyl (C=O) groups excluding carboxylic acids is 3. The van der Waals surface area contributed by atoms with E-state index in [1.54, 1.807) is 20.1 Å². The van der Waals surface area contributed by atoms with E-state index in [1.165, 1.54) is 32.8 Å². The summed E-state index contributed by atoms with van der Waals surface area (Å²) in [5.41, 5.74) is 3.52. The van der Waals surface area contributed by atoms with Crippen molar-refractivity contribution in [3.05, 3.63) is 133 Å². The maximum Gasteiger partial charge on any atom is 0.328 e. The van der Waals surface area contributed by atoms with Gasteiger partial charge < -0.3 is 29.6 Å². The molecule has 0 saturated carbocycles. The van der Waals surface area contributed by atoms with Gasteiger partial charge in [0.05, 0.1) is 24.4 Å². The molecule has 1 saturated heterocycles. The summed E-state index contributed by atoms with van der Waals surface area (Å²) in [6, 6.07) is 36.2. The van der Waals surface area contributed by atoms with Gasteiger partial charge >= 0.3 is 12.0 Å². The second-order valence-corrected chi connectivity index (χ2v) is 19.8. The van der Waals surface area contributed by atoms with Crippen molar-refractivity contribution in [1.29, 1.82) is 0 Å². The number of nitrogens with zero attached hydrogens (tertiary/aromatic N) is 3. The van der Waals surface area contributed by atoms with Crippen LogP contribution in [0.5, 0.6) is 11.5 Å². The molecule has 69 heavy (non-hydrogen) atoms. The Morgan fingerprint density at radius 2 is 1.38 bits per heavy atom. The molecule has 0 bridgehead atoms. The number of likely N-dealkylation sites (N-methyl/N-ethyl adjacent to an activating group) is 1. The molecule has 2 aliphatic rings. The molecule has 2 heterocycles. The quantitative estimate of drug-likeness (QED) is 0.0586. The molecule has 0 spiro atoms. The van der Waals surface area contributed by atoms with E-state index in [9.17, 15) is 24.3 Å². The van der Waals surface area contributed by atoms with Gasteiger partial charge in [-0.05, 0) is 149 Å². The molecule has 13 heteroatoms. The lowest BCUT2D eigenvalue weighted by Gasteiger charge is -2.36. The normalized spacial score (nSPS) is 15.3. The van der Waals surface area contributed by atoms with Gasteiger partial charge in [0.1, 0.15) is 16.9 Å². The highest BCUT2D eigenvalue weighted by atomic mass is 32.2. The highest BCUT2D eigenvalue weighted by Gasteiger charge is 2.49. The number of allylic oxidation sites excluding steroid dienone is 1. The first-order valence-electron chi connectivity index (χ1n) is 23.6. The first kappa shape index (κ1) is 55.4. The van der Waals surface area contributed by atoms with Gasteiger partial charge in [0, 0.05) is 28.9 Å². The number of hydrogen-bond donors (Lipinski definition) is 4. The molecule has 1 unspecified atom stereocenters. The van der Waals surface area contributed by atoms with Crippen LogP contribution in [0.3, 0.4) is 0 Å². The molecule has 5 aromatic rings. The van der Waals surface area contributed by atoms with Crippen molar-refractivity contribution in [3.63, 3.8) is 0 Å². The minimum Gasteiger partial charge on any atom is -0.508 e. The maximum absolute atomic E-state index is 11.8. The van der Waals surface area contributed by atoms with Crippen LogP contribution in [0.2, 0.25) is 0 Å². The number of para-hydroxylation sites is 2. The molecule has 2 aliphatic heterocycles. The van der Waals surface area contributed by atoms with Crippen LogP contribution < -0.4 is 20.3 Å². The van der Waals surface area contributed by atoms with Crippen LogP contribution in [0.25, 0.3) is 10.8 Å². The first-order chi connectivity index (χ1) is 32.7. The number of urea groups is 1. The number of amides is 4. The average molecular weight is 960 g/mol. The van der Waals surface area contributed by atoms with Crippen LogP contribution in [0, 0.1) is 17.3 Å². The van der Waals surface area contributed by atoms with Gasteiger partial charge in [-0.25, -0.2) is 4.79 Å². The number of benzene rings is 5. The van der Waals surface area contributed by atoms with Crippen LogP contribution in [0.15, 0.2) is 132 Å². The fourth-order valence-corrected chi connectivity index (χ4v) is 9.68. The van der Waals surface area contributed by atoms with Crippen molar-refractivity contribution >= 4 is 57.7 Å². The molecule has 5 aromatic carbocycles. The minimum absolute atomic E-state index is 0.171. The molecule has 4 atom stereocenters. The standard InChI is InChI=1S/C17H20N2S.C14H23NO.C14H14O3.C11H16N2O3/c1-13(18(2)3)12-19-14-8-4-6-10-16(14)20-17-11-7-5-9-15(17)19;1-5-14(11(2)10-15(3)4)12-7-6-8-13(16)9-12;1-9(14(15)16)10-3-4-12-8-13(17-2)6-5-11(12)7-10;1-4-5-11(6-7(2)3)8(14)12-10(16)13-9(11)15/h4-11,13H,12H2,1-3H3;6-9,11,14,16H,5,10H2,1-4H3;3-9H,1-2H3,(H,15,16);4,7H,1,5-6H2,2-3H3,(H2,12,13,14,15,16)/t;11-,14+;9-;/m.00./s1. The smallest absolute Gasteiger partial charge is 0.328 e. The number of carboxylic acid groups (broad SMARTS) is 1. The monoisotopic (exact) mass is 960 g/mol. The van der Waals surface area contributed by atoms with E-state index >= 15 is 0 Å². The van der Waals surface area contributed by atoms with Crippen LogP contribution in [-0.2, 0) is 14.4 Å². The Kier molecular flexibility index (Phi) is 20.9. The molecule has 4 N–H and O–H groups in total. The van der Waals surface area contributed by atoms with Crippen LogP contribution in [-0.4, -0.2) is 98.3 Å². The number of hydrogen-bond acceptors (Lipinski definition) is 10. The summed E-state index contributed by atoms with van der Waals surface area (Å²) >= 11 is 1.87. The molecule has 0 aliphatic carbocycles. The lowest BCUT2D eigenvalue weighted by molar-refractivity contribution is -0.145. The Morgan fingerprint density at radius 1 is 0.797 bits per heavy atom. The Hall–Kier alpha value is -6.15. The Bertz CT molecular complexity index is 2460. The third-order valence-corrected chi connectivity index (χ3v) is 13.6. The van der Waals surface area contributed by atoms with E-state index in [2.05, 4.69) is 135 Å². The Labute approximate surface area is 414 Å². The van der Waals surface area contributed by atoms with Gasteiger partial charge in [-0.3, -0.25) is 25.0 Å². The lowest BCUT2D eigenvalue weighted by Crippen LogP contribution is -2.62. The van der Waals surface area contributed by atoms with Crippen molar-refractivity contribution in [2.24, 2.45) is 17.3 Å². The molecule has 7 rings (SSSR count). The highest BCUT2D eigenvalue weighted by molar-refractivity contribution is 7.99. The van der Waals surface area contributed by atoms with Crippen LogP contribution in [0.4, 0.5) is 16.2 Å². The number of methoxy groups -OCH3 is 1. The maximum atomic E-state index is 11.8. The van der Waals surface area contributed by atoms with Gasteiger partial charge in [0.25, 0.3) is 0 Å². The summed E-state index contributed by atoms with van der Waals surface area (Å²) < 4.78 is 5.14. The lowest BCUT2D eigenvalue weighted by atomic mass is 9.74. The SMILES string of the molecule is C=CCC1(CC(C)C)C(=O)NC(=O)NC1=O.CC(CN1c2ccccc2Sc2ccccc21)N(C)C.CC[C@@H](c1cccc(O)c1)[C@@H](C)CN(C)C.COc1ccc2cc([C@H](C)C(=O)O)ccc2c1. The Morgan fingerprint density at radius 3 is 1.88 bits per heavy atom. The van der Waals surface area contributed by atoms with E-state index in [-0.39, 0.29) is 12.3 Å². The number of anilines is 2. The number of phenolic OH excluding ortho intramolecular Hbond substituents is 1. The molecule has 0 aromatic heterocycles. The number of imide groups is 2. The van der Waals surface area contributed by atoms with Crippen molar-refractivity contribution in [2.75, 3.05) is 53.3 Å². The van der Waals surface area contributed by atoms with Gasteiger partial charge in [-0.15, -0.1) is 6.58 Å². The molecule has 1 fully saturated rings. The first-order valence-corrected chi connectivity index (χ1v) is 24.4. The second-order valence-electron chi connectivity index (χ2n) is 18.8. The van der Waals surface area contributed by atoms with E-state index in [4.69, 9.17) is 9.84 Å². The molecule has 4 amide bonds. The van der Waals surface area contributed by atoms with E-state index < -0.39 is 35.1 Å². The topological polar surface area (TPSA) is 152 Å². The number of fused-ring (bicyclic) bond motifs is 3. The zero-order valence-electron chi connectivity index (χ0n) is 42.3. The molecular formula is C56H73N5O7S. The van der Waals surface area contributed by atoms with Crippen molar-refractivity contribution < 1.29 is 34.1 Å². The summed E-state index contributed by atoms with van der Waals surface area (Å²) in [5.74, 6) is 0.106. The predicted molar refractivity (Wildman–Crippen MR) is 281 cm³/mol. The number of aliphatic carboxylic acids is 1. The average Bonchev–Trinajstić information content (AvgIpc) is 3.30. The number of nitrogens with one attached hydrogen (secondary N) is 2. The molecule has 12 nitrogen and oxygen atoms in total. The van der Waals surface area contributed by atoms with Gasteiger partial charge in [-0.2, -0.15) is 0 Å². The van der Waals surface area contributed by atoms with Crippen molar-refractivity contribution in [1.82, 2.24) is 20.4 Å². The largest absolute Gasteiger partial charge is 0.508 e. The van der Waals surface area contributed by atoms with E-state index in [0.717, 1.165) is 41.6 Å². The fourth-order valence-electron chi connectivity index (χ4n) is 8.59. The second kappa shape index (κ2) is 26.0. The molecule has 370 valence electrons. The Balaban J connectivity index is 0.000000201. The number of barbiturate groups is 1. The predicted octanol–water partition coefficient (Wildman–Crippen LogP) is 11.3. The number of carbonyl (C=O) groups is 4.